The van der Waals surface area contributed by atoms with Crippen LogP contribution in [0.15, 0.2) is 60.7 Å². The van der Waals surface area contributed by atoms with Crippen LogP contribution >= 0.6 is 0 Å². The topological polar surface area (TPSA) is 38.0 Å². The van der Waals surface area contributed by atoms with E-state index in [1.165, 1.54) is 36.8 Å². The van der Waals surface area contributed by atoms with E-state index in [9.17, 15) is 0 Å². The van der Waals surface area contributed by atoms with Crippen molar-refractivity contribution < 1.29 is 0 Å². The fraction of sp³-hybridized carbons (Fsp3) is 0.400. The molecule has 1 aliphatic carbocycles. The van der Waals surface area contributed by atoms with Crippen molar-refractivity contribution in [3.05, 3.63) is 71.8 Å². The van der Waals surface area contributed by atoms with Crippen LogP contribution in [0.4, 0.5) is 0 Å². The van der Waals surface area contributed by atoms with Gasteiger partial charge in [-0.05, 0) is 24.0 Å². The number of hydrogen-bond acceptors (Lipinski definition) is 2. The molecular formula is C20H26N2. The molecule has 22 heavy (non-hydrogen) atoms. The van der Waals surface area contributed by atoms with Gasteiger partial charge in [-0.1, -0.05) is 73.5 Å². The van der Waals surface area contributed by atoms with E-state index in [0.717, 1.165) is 13.1 Å². The first-order valence-corrected chi connectivity index (χ1v) is 8.35. The van der Waals surface area contributed by atoms with Gasteiger partial charge in [0, 0.05) is 24.5 Å². The summed E-state index contributed by atoms with van der Waals surface area (Å²) in [4.78, 5) is 0. The molecule has 0 spiro atoms. The Morgan fingerprint density at radius 3 is 2.14 bits per heavy atom. The van der Waals surface area contributed by atoms with Gasteiger partial charge in [-0.3, -0.25) is 0 Å². The Balaban J connectivity index is 1.66. The third kappa shape index (κ3) is 3.40. The van der Waals surface area contributed by atoms with E-state index in [0.29, 0.717) is 0 Å². The van der Waals surface area contributed by atoms with Gasteiger partial charge < -0.3 is 11.1 Å². The molecule has 0 bridgehead atoms. The zero-order valence-electron chi connectivity index (χ0n) is 13.2. The Morgan fingerprint density at radius 1 is 0.909 bits per heavy atom. The maximum Gasteiger partial charge on any atom is 0.0364 e. The molecule has 0 saturated heterocycles. The maximum absolute atomic E-state index is 6.67. The first kappa shape index (κ1) is 15.3. The van der Waals surface area contributed by atoms with Gasteiger partial charge in [0.2, 0.25) is 0 Å². The molecule has 1 fully saturated rings. The summed E-state index contributed by atoms with van der Waals surface area (Å²) in [7, 11) is 0. The van der Waals surface area contributed by atoms with Crippen molar-refractivity contribution >= 4 is 0 Å². The summed E-state index contributed by atoms with van der Waals surface area (Å²) in [6, 6.07) is 21.3. The Bertz CT molecular complexity index is 559. The molecule has 2 aromatic rings. The van der Waals surface area contributed by atoms with Crippen LogP contribution in [0.1, 0.15) is 42.9 Å². The molecule has 3 rings (SSSR count). The van der Waals surface area contributed by atoms with Gasteiger partial charge in [0.25, 0.3) is 0 Å². The average Bonchev–Trinajstić information content (AvgIpc) is 3.06. The highest BCUT2D eigenvalue weighted by Crippen LogP contribution is 2.46. The second-order valence-electron chi connectivity index (χ2n) is 6.55. The summed E-state index contributed by atoms with van der Waals surface area (Å²) in [6.07, 6.45) is 5.05. The van der Waals surface area contributed by atoms with Gasteiger partial charge in [0.05, 0.1) is 0 Å². The van der Waals surface area contributed by atoms with E-state index >= 15 is 0 Å². The smallest absolute Gasteiger partial charge is 0.0364 e. The van der Waals surface area contributed by atoms with Crippen LogP contribution in [0.25, 0.3) is 0 Å². The maximum atomic E-state index is 6.67. The van der Waals surface area contributed by atoms with Gasteiger partial charge in [0.15, 0.2) is 0 Å². The fourth-order valence-electron chi connectivity index (χ4n) is 3.74. The summed E-state index contributed by atoms with van der Waals surface area (Å²) >= 11 is 0. The minimum absolute atomic E-state index is 0.125. The quantitative estimate of drug-likeness (QED) is 0.844. The van der Waals surface area contributed by atoms with Crippen molar-refractivity contribution in [2.45, 2.75) is 38.3 Å². The molecular weight excluding hydrogens is 268 g/mol. The highest BCUT2D eigenvalue weighted by Gasteiger charge is 2.39. The van der Waals surface area contributed by atoms with E-state index in [1.807, 2.05) is 0 Å². The van der Waals surface area contributed by atoms with E-state index < -0.39 is 0 Å². The van der Waals surface area contributed by atoms with E-state index in [1.54, 1.807) is 0 Å². The van der Waals surface area contributed by atoms with E-state index in [4.69, 9.17) is 5.73 Å². The molecule has 0 radical (unpaired) electrons. The summed E-state index contributed by atoms with van der Waals surface area (Å²) in [5, 5.41) is 3.66. The second-order valence-corrected chi connectivity index (χ2v) is 6.55. The van der Waals surface area contributed by atoms with Gasteiger partial charge in [-0.15, -0.1) is 0 Å². The summed E-state index contributed by atoms with van der Waals surface area (Å²) in [6.45, 7) is 1.92. The standard InChI is InChI=1S/C20H26N2/c21-19(18-11-5-2-6-12-18)20(13-7-8-14-20)16-22-15-17-9-3-1-4-10-17/h1-6,9-12,19,22H,7-8,13-16,21H2. The third-order valence-corrected chi connectivity index (χ3v) is 5.07. The highest BCUT2D eigenvalue weighted by molar-refractivity contribution is 5.22. The van der Waals surface area contributed by atoms with Crippen LogP contribution in [-0.2, 0) is 6.54 Å². The lowest BCUT2D eigenvalue weighted by atomic mass is 9.75. The lowest BCUT2D eigenvalue weighted by Crippen LogP contribution is -2.40. The monoisotopic (exact) mass is 294 g/mol. The highest BCUT2D eigenvalue weighted by atomic mass is 14.9. The van der Waals surface area contributed by atoms with Crippen LogP contribution in [0.3, 0.4) is 0 Å². The van der Waals surface area contributed by atoms with Crippen molar-refractivity contribution in [2.24, 2.45) is 11.1 Å². The number of hydrogen-bond donors (Lipinski definition) is 2. The Labute approximate surface area is 133 Å². The lowest BCUT2D eigenvalue weighted by molar-refractivity contribution is 0.221. The molecule has 2 heteroatoms. The number of rotatable bonds is 6. The number of benzene rings is 2. The zero-order valence-corrected chi connectivity index (χ0v) is 13.2. The second kappa shape index (κ2) is 7.08. The molecule has 116 valence electrons. The average molecular weight is 294 g/mol. The Morgan fingerprint density at radius 2 is 1.50 bits per heavy atom. The molecule has 1 unspecified atom stereocenters. The fourth-order valence-corrected chi connectivity index (χ4v) is 3.74. The Hall–Kier alpha value is -1.64. The summed E-state index contributed by atoms with van der Waals surface area (Å²) in [5.74, 6) is 0. The van der Waals surface area contributed by atoms with Crippen LogP contribution in [0.2, 0.25) is 0 Å². The van der Waals surface area contributed by atoms with E-state index in [2.05, 4.69) is 66.0 Å². The number of nitrogens with one attached hydrogen (secondary N) is 1. The van der Waals surface area contributed by atoms with Gasteiger partial charge in [-0.2, -0.15) is 0 Å². The molecule has 0 heterocycles. The number of nitrogens with two attached hydrogens (primary N) is 1. The first-order valence-electron chi connectivity index (χ1n) is 8.35. The van der Waals surface area contributed by atoms with Crippen molar-refractivity contribution in [3.63, 3.8) is 0 Å². The molecule has 1 saturated carbocycles. The van der Waals surface area contributed by atoms with E-state index in [-0.39, 0.29) is 11.5 Å². The third-order valence-electron chi connectivity index (χ3n) is 5.07. The van der Waals surface area contributed by atoms with Crippen molar-refractivity contribution in [3.8, 4) is 0 Å². The molecule has 1 aliphatic rings. The molecule has 0 aliphatic heterocycles. The molecule has 2 nitrogen and oxygen atoms in total. The molecule has 1 atom stereocenters. The molecule has 0 amide bonds. The lowest BCUT2D eigenvalue weighted by Gasteiger charge is -2.36. The minimum atomic E-state index is 0.125. The van der Waals surface area contributed by atoms with Crippen LogP contribution in [0.5, 0.6) is 0 Å². The molecule has 2 aromatic carbocycles. The van der Waals surface area contributed by atoms with Gasteiger partial charge in [0.1, 0.15) is 0 Å². The van der Waals surface area contributed by atoms with Gasteiger partial charge in [-0.25, -0.2) is 0 Å². The Kier molecular flexibility index (Phi) is 4.91. The van der Waals surface area contributed by atoms with Crippen LogP contribution in [-0.4, -0.2) is 6.54 Å². The minimum Gasteiger partial charge on any atom is -0.323 e. The zero-order chi connectivity index (χ0) is 15.3. The summed E-state index contributed by atoms with van der Waals surface area (Å²) < 4.78 is 0. The predicted octanol–water partition coefficient (Wildman–Crippen LogP) is 4.04. The van der Waals surface area contributed by atoms with Crippen molar-refractivity contribution in [1.29, 1.82) is 0 Å². The largest absolute Gasteiger partial charge is 0.323 e. The van der Waals surface area contributed by atoms with Crippen molar-refractivity contribution in [1.82, 2.24) is 5.32 Å². The van der Waals surface area contributed by atoms with Crippen molar-refractivity contribution in [2.75, 3.05) is 6.54 Å². The predicted molar refractivity (Wildman–Crippen MR) is 92.4 cm³/mol. The van der Waals surface area contributed by atoms with Crippen LogP contribution < -0.4 is 11.1 Å². The molecule has 3 N–H and O–H groups in total. The molecule has 0 aromatic heterocycles. The normalized spacial score (nSPS) is 18.2. The van der Waals surface area contributed by atoms with Gasteiger partial charge >= 0.3 is 0 Å². The van der Waals surface area contributed by atoms with Crippen LogP contribution in [0, 0.1) is 5.41 Å². The summed E-state index contributed by atoms with van der Waals surface area (Å²) in [5.41, 5.74) is 9.49. The first-order chi connectivity index (χ1) is 10.8. The SMILES string of the molecule is NC(c1ccccc1)C1(CNCc2ccccc2)CCCC1.